The maximum Gasteiger partial charge on any atom is 0.416 e. The Morgan fingerprint density at radius 1 is 0.914 bits per heavy atom. The number of alkyl halides is 3. The van der Waals surface area contributed by atoms with E-state index in [0.717, 1.165) is 22.4 Å². The van der Waals surface area contributed by atoms with Crippen molar-refractivity contribution in [1.82, 2.24) is 15.5 Å². The van der Waals surface area contributed by atoms with Gasteiger partial charge in [0.2, 0.25) is 11.8 Å². The van der Waals surface area contributed by atoms with Crippen LogP contribution < -0.4 is 10.6 Å². The number of likely N-dealkylation sites (tertiary alicyclic amines) is 1. The maximum atomic E-state index is 12.9. The van der Waals surface area contributed by atoms with E-state index in [2.05, 4.69) is 15.5 Å². The van der Waals surface area contributed by atoms with Crippen molar-refractivity contribution < 1.29 is 22.8 Å². The number of amides is 2. The Balaban J connectivity index is 1.19. The summed E-state index contributed by atoms with van der Waals surface area (Å²) in [5.41, 5.74) is 0.894. The number of hydrogen-bond acceptors (Lipinski definition) is 3. The van der Waals surface area contributed by atoms with Crippen LogP contribution >= 0.6 is 0 Å². The zero-order valence-corrected chi connectivity index (χ0v) is 19.3. The van der Waals surface area contributed by atoms with Crippen LogP contribution in [0.25, 0.3) is 10.8 Å². The van der Waals surface area contributed by atoms with Gasteiger partial charge >= 0.3 is 6.18 Å². The minimum atomic E-state index is -4.35. The molecule has 0 saturated carbocycles. The van der Waals surface area contributed by atoms with Crippen molar-refractivity contribution >= 4 is 22.6 Å². The van der Waals surface area contributed by atoms with E-state index in [1.807, 2.05) is 42.5 Å². The standard InChI is InChI=1S/C27H28F3N3O2/c28-27(29,30)22-9-3-5-19(15-22)18-33-13-11-23(12-14-33)32-26(35)17-31-25(34)16-21-8-4-7-20-6-1-2-10-24(20)21/h1-10,15,23H,11-14,16-18H2,(H,31,34)(H,32,35). The van der Waals surface area contributed by atoms with Crippen molar-refractivity contribution in [2.24, 2.45) is 0 Å². The van der Waals surface area contributed by atoms with Crippen LogP contribution in [-0.2, 0) is 28.7 Å². The van der Waals surface area contributed by atoms with Crippen molar-refractivity contribution in [2.75, 3.05) is 19.6 Å². The molecule has 4 rings (SSSR count). The summed E-state index contributed by atoms with van der Waals surface area (Å²) in [7, 11) is 0. The average Bonchev–Trinajstić information content (AvgIpc) is 2.84. The molecular formula is C27H28F3N3O2. The van der Waals surface area contributed by atoms with Gasteiger partial charge in [-0.15, -0.1) is 0 Å². The third-order valence-electron chi connectivity index (χ3n) is 6.29. The van der Waals surface area contributed by atoms with Crippen LogP contribution in [0.2, 0.25) is 0 Å². The summed E-state index contributed by atoms with van der Waals surface area (Å²) in [6.45, 7) is 1.70. The summed E-state index contributed by atoms with van der Waals surface area (Å²) in [4.78, 5) is 26.8. The molecule has 35 heavy (non-hydrogen) atoms. The molecule has 1 fully saturated rings. The average molecular weight is 484 g/mol. The summed E-state index contributed by atoms with van der Waals surface area (Å²) in [5.74, 6) is -0.458. The number of nitrogens with zero attached hydrogens (tertiary/aromatic N) is 1. The summed E-state index contributed by atoms with van der Waals surface area (Å²) in [6.07, 6.45) is -2.75. The predicted octanol–water partition coefficient (Wildman–Crippen LogP) is 4.30. The van der Waals surface area contributed by atoms with Gasteiger partial charge in [0.1, 0.15) is 0 Å². The normalized spacial score (nSPS) is 15.2. The van der Waals surface area contributed by atoms with Gasteiger partial charge in [-0.1, -0.05) is 60.7 Å². The lowest BCUT2D eigenvalue weighted by Crippen LogP contribution is -2.47. The van der Waals surface area contributed by atoms with Gasteiger partial charge in [0.25, 0.3) is 0 Å². The fraction of sp³-hybridized carbons (Fsp3) is 0.333. The van der Waals surface area contributed by atoms with Crippen LogP contribution in [0.4, 0.5) is 13.2 Å². The highest BCUT2D eigenvalue weighted by Gasteiger charge is 2.30. The zero-order chi connectivity index (χ0) is 24.8. The van der Waals surface area contributed by atoms with E-state index in [9.17, 15) is 22.8 Å². The molecule has 1 saturated heterocycles. The van der Waals surface area contributed by atoms with E-state index < -0.39 is 11.7 Å². The van der Waals surface area contributed by atoms with Gasteiger partial charge in [-0.05, 0) is 40.8 Å². The highest BCUT2D eigenvalue weighted by Crippen LogP contribution is 2.30. The van der Waals surface area contributed by atoms with Gasteiger partial charge in [0.05, 0.1) is 18.5 Å². The van der Waals surface area contributed by atoms with Crippen LogP contribution in [0, 0.1) is 0 Å². The molecule has 184 valence electrons. The second-order valence-corrected chi connectivity index (χ2v) is 8.91. The molecule has 1 aliphatic rings. The lowest BCUT2D eigenvalue weighted by molar-refractivity contribution is -0.137. The number of hydrogen-bond donors (Lipinski definition) is 2. The van der Waals surface area contributed by atoms with Crippen molar-refractivity contribution in [3.63, 3.8) is 0 Å². The van der Waals surface area contributed by atoms with Gasteiger partial charge in [-0.25, -0.2) is 0 Å². The number of rotatable bonds is 7. The van der Waals surface area contributed by atoms with Crippen LogP contribution in [0.5, 0.6) is 0 Å². The summed E-state index contributed by atoms with van der Waals surface area (Å²) in [6, 6.07) is 19.1. The number of nitrogens with one attached hydrogen (secondary N) is 2. The van der Waals surface area contributed by atoms with Crippen molar-refractivity contribution in [3.05, 3.63) is 83.4 Å². The zero-order valence-electron chi connectivity index (χ0n) is 19.3. The van der Waals surface area contributed by atoms with E-state index in [1.54, 1.807) is 6.07 Å². The van der Waals surface area contributed by atoms with Crippen molar-refractivity contribution in [2.45, 2.75) is 38.0 Å². The SMILES string of the molecule is O=C(Cc1cccc2ccccc12)NCC(=O)NC1CCN(Cc2cccc(C(F)(F)F)c2)CC1. The first-order chi connectivity index (χ1) is 16.8. The van der Waals surface area contributed by atoms with E-state index >= 15 is 0 Å². The quantitative estimate of drug-likeness (QED) is 0.527. The first kappa shape index (κ1) is 24.7. The molecule has 1 aliphatic heterocycles. The second-order valence-electron chi connectivity index (χ2n) is 8.91. The Morgan fingerprint density at radius 2 is 1.63 bits per heavy atom. The molecular weight excluding hydrogens is 455 g/mol. The molecule has 0 bridgehead atoms. The smallest absolute Gasteiger partial charge is 0.352 e. The first-order valence-corrected chi connectivity index (χ1v) is 11.7. The van der Waals surface area contributed by atoms with E-state index in [1.165, 1.54) is 12.1 Å². The van der Waals surface area contributed by atoms with E-state index in [-0.39, 0.29) is 30.8 Å². The summed E-state index contributed by atoms with van der Waals surface area (Å²) < 4.78 is 38.8. The first-order valence-electron chi connectivity index (χ1n) is 11.7. The Morgan fingerprint density at radius 3 is 2.40 bits per heavy atom. The second kappa shape index (κ2) is 10.9. The molecule has 3 aromatic carbocycles. The van der Waals surface area contributed by atoms with Gasteiger partial charge in [-0.3, -0.25) is 14.5 Å². The van der Waals surface area contributed by atoms with Gasteiger partial charge in [-0.2, -0.15) is 13.2 Å². The lowest BCUT2D eigenvalue weighted by Gasteiger charge is -2.32. The monoisotopic (exact) mass is 483 g/mol. The summed E-state index contributed by atoms with van der Waals surface area (Å²) in [5, 5.41) is 7.73. The van der Waals surface area contributed by atoms with Gasteiger partial charge < -0.3 is 10.6 Å². The fourth-order valence-electron chi connectivity index (χ4n) is 4.48. The Kier molecular flexibility index (Phi) is 7.70. The molecule has 5 nitrogen and oxygen atoms in total. The molecule has 0 aromatic heterocycles. The molecule has 2 N–H and O–H groups in total. The van der Waals surface area contributed by atoms with E-state index in [4.69, 9.17) is 0 Å². The highest BCUT2D eigenvalue weighted by molar-refractivity contribution is 5.91. The molecule has 0 spiro atoms. The molecule has 0 atom stereocenters. The predicted molar refractivity (Wildman–Crippen MR) is 129 cm³/mol. The molecule has 0 aliphatic carbocycles. The minimum Gasteiger partial charge on any atom is -0.352 e. The Bertz CT molecular complexity index is 1180. The third kappa shape index (κ3) is 6.82. The largest absolute Gasteiger partial charge is 0.416 e. The number of carbonyl (C=O) groups excluding carboxylic acids is 2. The maximum absolute atomic E-state index is 12.9. The number of benzene rings is 3. The van der Waals surface area contributed by atoms with Crippen LogP contribution in [0.15, 0.2) is 66.7 Å². The Hall–Kier alpha value is -3.39. The topological polar surface area (TPSA) is 61.4 Å². The number of halogens is 3. The highest BCUT2D eigenvalue weighted by atomic mass is 19.4. The fourth-order valence-corrected chi connectivity index (χ4v) is 4.48. The lowest BCUT2D eigenvalue weighted by atomic mass is 10.0. The number of fused-ring (bicyclic) bond motifs is 1. The van der Waals surface area contributed by atoms with Crippen molar-refractivity contribution in [1.29, 1.82) is 0 Å². The molecule has 0 radical (unpaired) electrons. The third-order valence-corrected chi connectivity index (χ3v) is 6.29. The van der Waals surface area contributed by atoms with Gasteiger partial charge in [0.15, 0.2) is 0 Å². The van der Waals surface area contributed by atoms with Crippen molar-refractivity contribution in [3.8, 4) is 0 Å². The molecule has 2 amide bonds. The van der Waals surface area contributed by atoms with Gasteiger partial charge in [0, 0.05) is 25.7 Å². The molecule has 3 aromatic rings. The van der Waals surface area contributed by atoms with E-state index in [0.29, 0.717) is 38.0 Å². The molecule has 0 unspecified atom stereocenters. The molecule has 8 heteroatoms. The Labute approximate surface area is 202 Å². The summed E-state index contributed by atoms with van der Waals surface area (Å²) >= 11 is 0. The van der Waals surface area contributed by atoms with Crippen LogP contribution in [0.1, 0.15) is 29.5 Å². The van der Waals surface area contributed by atoms with Crippen LogP contribution in [0.3, 0.4) is 0 Å². The van der Waals surface area contributed by atoms with Crippen LogP contribution in [-0.4, -0.2) is 42.4 Å². The number of piperidine rings is 1. The molecule has 1 heterocycles. The number of carbonyl (C=O) groups is 2. The minimum absolute atomic E-state index is 0.0183.